The van der Waals surface area contributed by atoms with Gasteiger partial charge in [0.2, 0.25) is 0 Å². The molecular weight excluding hydrogens is 270 g/mol. The van der Waals surface area contributed by atoms with E-state index in [0.29, 0.717) is 18.8 Å². The summed E-state index contributed by atoms with van der Waals surface area (Å²) in [5.74, 6) is -0.881. The van der Waals surface area contributed by atoms with Crippen LogP contribution in [0.2, 0.25) is 0 Å². The number of imidazole rings is 1. The standard InChI is InChI=1S/C15H17N3O3/c1-10-3-2-4-13-16-12(9-18(10)13)15(21)17-6-5-11(8-17)7-14(19)20/h2-4,9,11H,5-8H2,1H3,(H,19,20). The topological polar surface area (TPSA) is 74.9 Å². The Morgan fingerprint density at radius 1 is 1.43 bits per heavy atom. The van der Waals surface area contributed by atoms with Gasteiger partial charge < -0.3 is 14.4 Å². The van der Waals surface area contributed by atoms with Crippen LogP contribution in [0.3, 0.4) is 0 Å². The second-order valence-electron chi connectivity index (χ2n) is 5.53. The number of pyridine rings is 1. The molecule has 6 nitrogen and oxygen atoms in total. The zero-order chi connectivity index (χ0) is 15.0. The van der Waals surface area contributed by atoms with E-state index in [1.807, 2.05) is 29.5 Å². The normalized spacial score (nSPS) is 18.3. The third-order valence-electron chi connectivity index (χ3n) is 3.95. The first-order valence-corrected chi connectivity index (χ1v) is 7.00. The maximum absolute atomic E-state index is 12.5. The van der Waals surface area contributed by atoms with Crippen molar-refractivity contribution >= 4 is 17.5 Å². The van der Waals surface area contributed by atoms with Crippen LogP contribution in [0.5, 0.6) is 0 Å². The second-order valence-corrected chi connectivity index (χ2v) is 5.53. The Kier molecular flexibility index (Phi) is 3.37. The minimum atomic E-state index is -0.808. The molecule has 1 aliphatic heterocycles. The highest BCUT2D eigenvalue weighted by Crippen LogP contribution is 2.21. The van der Waals surface area contributed by atoms with Gasteiger partial charge in [0.15, 0.2) is 0 Å². The molecule has 21 heavy (non-hydrogen) atoms. The van der Waals surface area contributed by atoms with Gasteiger partial charge >= 0.3 is 5.97 Å². The van der Waals surface area contributed by atoms with Crippen molar-refractivity contribution in [2.75, 3.05) is 13.1 Å². The molecule has 1 atom stereocenters. The van der Waals surface area contributed by atoms with E-state index in [9.17, 15) is 9.59 Å². The third kappa shape index (κ3) is 2.61. The minimum absolute atomic E-state index is 0.0465. The fourth-order valence-corrected chi connectivity index (χ4v) is 2.84. The molecule has 1 unspecified atom stereocenters. The molecule has 1 saturated heterocycles. The van der Waals surface area contributed by atoms with Crippen LogP contribution < -0.4 is 0 Å². The molecule has 6 heteroatoms. The fourth-order valence-electron chi connectivity index (χ4n) is 2.84. The number of hydrogen-bond donors (Lipinski definition) is 1. The first-order valence-electron chi connectivity index (χ1n) is 7.00. The van der Waals surface area contributed by atoms with Crippen molar-refractivity contribution in [3.8, 4) is 0 Å². The van der Waals surface area contributed by atoms with Gasteiger partial charge in [-0.1, -0.05) is 6.07 Å². The van der Waals surface area contributed by atoms with Crippen molar-refractivity contribution in [2.24, 2.45) is 5.92 Å². The average molecular weight is 287 g/mol. The molecule has 1 aliphatic rings. The molecule has 1 fully saturated rings. The number of nitrogens with zero attached hydrogens (tertiary/aromatic N) is 3. The number of fused-ring (bicyclic) bond motifs is 1. The highest BCUT2D eigenvalue weighted by atomic mass is 16.4. The number of carbonyl (C=O) groups excluding carboxylic acids is 1. The molecule has 2 aromatic heterocycles. The van der Waals surface area contributed by atoms with Crippen molar-refractivity contribution in [3.05, 3.63) is 35.8 Å². The van der Waals surface area contributed by atoms with Gasteiger partial charge in [0, 0.05) is 31.4 Å². The van der Waals surface area contributed by atoms with E-state index in [2.05, 4.69) is 4.98 Å². The molecule has 0 spiro atoms. The number of aliphatic carboxylic acids is 1. The molecule has 0 bridgehead atoms. The van der Waals surface area contributed by atoms with Crippen molar-refractivity contribution in [1.29, 1.82) is 0 Å². The van der Waals surface area contributed by atoms with Gasteiger partial charge in [-0.3, -0.25) is 9.59 Å². The summed E-state index contributed by atoms with van der Waals surface area (Å²) in [7, 11) is 0. The lowest BCUT2D eigenvalue weighted by atomic mass is 10.1. The van der Waals surface area contributed by atoms with Gasteiger partial charge in [-0.15, -0.1) is 0 Å². The third-order valence-corrected chi connectivity index (χ3v) is 3.95. The summed E-state index contributed by atoms with van der Waals surface area (Å²) in [5.41, 5.74) is 2.18. The molecule has 1 amide bonds. The lowest BCUT2D eigenvalue weighted by Crippen LogP contribution is -2.29. The minimum Gasteiger partial charge on any atom is -0.481 e. The second kappa shape index (κ2) is 5.20. The van der Waals surface area contributed by atoms with Crippen LogP contribution in [-0.2, 0) is 4.79 Å². The smallest absolute Gasteiger partial charge is 0.303 e. The van der Waals surface area contributed by atoms with Gasteiger partial charge in [0.05, 0.1) is 0 Å². The zero-order valence-corrected chi connectivity index (χ0v) is 11.8. The SMILES string of the molecule is Cc1cccc2nc(C(=O)N3CCC(CC(=O)O)C3)cn12. The number of aromatic nitrogens is 2. The van der Waals surface area contributed by atoms with Crippen molar-refractivity contribution in [1.82, 2.24) is 14.3 Å². The number of aryl methyl sites for hydroxylation is 1. The van der Waals surface area contributed by atoms with Gasteiger partial charge in [0.25, 0.3) is 5.91 Å². The highest BCUT2D eigenvalue weighted by Gasteiger charge is 2.29. The summed E-state index contributed by atoms with van der Waals surface area (Å²) in [6.07, 6.45) is 2.61. The first kappa shape index (κ1) is 13.6. The van der Waals surface area contributed by atoms with Crippen LogP contribution >= 0.6 is 0 Å². The largest absolute Gasteiger partial charge is 0.481 e. The van der Waals surface area contributed by atoms with Gasteiger partial charge in [-0.05, 0) is 31.4 Å². The lowest BCUT2D eigenvalue weighted by molar-refractivity contribution is -0.138. The van der Waals surface area contributed by atoms with Gasteiger partial charge in [-0.25, -0.2) is 4.98 Å². The van der Waals surface area contributed by atoms with E-state index < -0.39 is 5.97 Å². The molecule has 0 aliphatic carbocycles. The van der Waals surface area contributed by atoms with Gasteiger partial charge in [0.1, 0.15) is 11.3 Å². The van der Waals surface area contributed by atoms with Crippen LogP contribution in [0.25, 0.3) is 5.65 Å². The lowest BCUT2D eigenvalue weighted by Gasteiger charge is -2.14. The molecule has 110 valence electrons. The Morgan fingerprint density at radius 2 is 2.24 bits per heavy atom. The maximum Gasteiger partial charge on any atom is 0.303 e. The average Bonchev–Trinajstić information content (AvgIpc) is 3.04. The Balaban J connectivity index is 1.78. The molecule has 0 saturated carbocycles. The van der Waals surface area contributed by atoms with Crippen molar-refractivity contribution in [3.63, 3.8) is 0 Å². The van der Waals surface area contributed by atoms with E-state index >= 15 is 0 Å². The van der Waals surface area contributed by atoms with E-state index in [-0.39, 0.29) is 18.2 Å². The maximum atomic E-state index is 12.5. The number of amides is 1. The van der Waals surface area contributed by atoms with Crippen LogP contribution in [-0.4, -0.2) is 44.4 Å². The Hall–Kier alpha value is -2.37. The highest BCUT2D eigenvalue weighted by molar-refractivity contribution is 5.93. The molecule has 3 rings (SSSR count). The van der Waals surface area contributed by atoms with Gasteiger partial charge in [-0.2, -0.15) is 0 Å². The number of hydrogen-bond acceptors (Lipinski definition) is 3. The van der Waals surface area contributed by atoms with Crippen LogP contribution in [0.15, 0.2) is 24.4 Å². The number of likely N-dealkylation sites (tertiary alicyclic amines) is 1. The van der Waals surface area contributed by atoms with Crippen molar-refractivity contribution in [2.45, 2.75) is 19.8 Å². The molecule has 3 heterocycles. The number of rotatable bonds is 3. The van der Waals surface area contributed by atoms with E-state index in [4.69, 9.17) is 5.11 Å². The predicted octanol–water partition coefficient (Wildman–Crippen LogP) is 1.58. The summed E-state index contributed by atoms with van der Waals surface area (Å²) >= 11 is 0. The number of carboxylic acids is 1. The number of carboxylic acid groups (broad SMARTS) is 1. The summed E-state index contributed by atoms with van der Waals surface area (Å²) in [6.45, 7) is 3.06. The molecule has 0 radical (unpaired) electrons. The van der Waals surface area contributed by atoms with Crippen LogP contribution in [0, 0.1) is 12.8 Å². The van der Waals surface area contributed by atoms with E-state index in [1.54, 1.807) is 11.1 Å². The molecule has 2 aromatic rings. The van der Waals surface area contributed by atoms with Crippen LogP contribution in [0.4, 0.5) is 0 Å². The van der Waals surface area contributed by atoms with E-state index in [0.717, 1.165) is 17.8 Å². The fraction of sp³-hybridized carbons (Fsp3) is 0.400. The quantitative estimate of drug-likeness (QED) is 0.930. The summed E-state index contributed by atoms with van der Waals surface area (Å²) in [6, 6.07) is 5.73. The molecular formula is C15H17N3O3. The summed E-state index contributed by atoms with van der Waals surface area (Å²) in [4.78, 5) is 29.3. The zero-order valence-electron chi connectivity index (χ0n) is 11.8. The van der Waals surface area contributed by atoms with Crippen LogP contribution in [0.1, 0.15) is 29.0 Å². The Bertz CT molecular complexity index is 707. The first-order chi connectivity index (χ1) is 10.0. The summed E-state index contributed by atoms with van der Waals surface area (Å²) < 4.78 is 1.89. The predicted molar refractivity (Wildman–Crippen MR) is 76.2 cm³/mol. The summed E-state index contributed by atoms with van der Waals surface area (Å²) in [5, 5.41) is 8.82. The molecule has 1 N–H and O–H groups in total. The van der Waals surface area contributed by atoms with Crippen molar-refractivity contribution < 1.29 is 14.7 Å². The number of carbonyl (C=O) groups is 2. The monoisotopic (exact) mass is 287 g/mol. The molecule has 0 aromatic carbocycles. The Morgan fingerprint density at radius 3 is 2.95 bits per heavy atom. The van der Waals surface area contributed by atoms with E-state index in [1.165, 1.54) is 0 Å². The Labute approximate surface area is 122 Å².